The molecule has 0 bridgehead atoms. The molecule has 3 heterocycles. The van der Waals surface area contributed by atoms with Gasteiger partial charge >= 0.3 is 0 Å². The molecule has 14 aromatic rings. The highest BCUT2D eigenvalue weighted by atomic mass is 32.1. The molecule has 14 rings (SSSR count). The Kier molecular flexibility index (Phi) is 9.43. The van der Waals surface area contributed by atoms with Gasteiger partial charge in [0.25, 0.3) is 0 Å². The van der Waals surface area contributed by atoms with E-state index in [0.717, 1.165) is 39.2 Å². The van der Waals surface area contributed by atoms with Crippen LogP contribution >= 0.6 is 11.3 Å². The van der Waals surface area contributed by atoms with E-state index in [0.29, 0.717) is 0 Å². The maximum atomic E-state index is 5.46. The molecule has 0 aliphatic rings. The summed E-state index contributed by atoms with van der Waals surface area (Å²) in [6.07, 6.45) is 0. The summed E-state index contributed by atoms with van der Waals surface area (Å²) in [5.41, 5.74) is 17.0. The van der Waals surface area contributed by atoms with E-state index in [9.17, 15) is 0 Å². The lowest BCUT2D eigenvalue weighted by molar-refractivity contribution is 1.16. The summed E-state index contributed by atoms with van der Waals surface area (Å²) < 4.78 is 3.81. The van der Waals surface area contributed by atoms with Crippen molar-refractivity contribution in [3.8, 4) is 72.7 Å². The van der Waals surface area contributed by atoms with Crippen molar-refractivity contribution in [1.82, 2.24) is 9.55 Å². The van der Waals surface area contributed by atoms with Crippen molar-refractivity contribution < 1.29 is 0 Å². The van der Waals surface area contributed by atoms with Gasteiger partial charge in [0.1, 0.15) is 0 Å². The lowest BCUT2D eigenvalue weighted by atomic mass is 9.91. The Bertz CT molecular complexity index is 4200. The Morgan fingerprint density at radius 2 is 0.757 bits per heavy atom. The maximum absolute atomic E-state index is 5.46. The van der Waals surface area contributed by atoms with Crippen molar-refractivity contribution in [2.24, 2.45) is 0 Å². The molecule has 0 N–H and O–H groups in total. The molecule has 0 unspecified atom stereocenters. The predicted octanol–water partition coefficient (Wildman–Crippen LogP) is 18.9. The Balaban J connectivity index is 1.04. The van der Waals surface area contributed by atoms with Gasteiger partial charge in [0.05, 0.1) is 28.1 Å². The van der Waals surface area contributed by atoms with E-state index in [2.05, 4.69) is 259 Å². The molecule has 0 radical (unpaired) electrons. The molecule has 0 fully saturated rings. The second-order valence-corrected chi connectivity index (χ2v) is 19.2. The van der Waals surface area contributed by atoms with Crippen LogP contribution in [0.2, 0.25) is 0 Å². The van der Waals surface area contributed by atoms with Crippen molar-refractivity contribution >= 4 is 75.5 Å². The van der Waals surface area contributed by atoms with Gasteiger partial charge in [-0.1, -0.05) is 200 Å². The Labute approximate surface area is 409 Å². The lowest BCUT2D eigenvalue weighted by Crippen LogP contribution is -1.98. The summed E-state index contributed by atoms with van der Waals surface area (Å²) in [6.45, 7) is 0. The van der Waals surface area contributed by atoms with Crippen molar-refractivity contribution in [1.29, 1.82) is 0 Å². The third-order valence-corrected chi connectivity index (χ3v) is 15.2. The summed E-state index contributed by atoms with van der Waals surface area (Å²) in [5.74, 6) is 0. The van der Waals surface area contributed by atoms with Crippen LogP contribution in [0.4, 0.5) is 0 Å². The topological polar surface area (TPSA) is 17.8 Å². The van der Waals surface area contributed by atoms with E-state index in [1.807, 2.05) is 11.3 Å². The van der Waals surface area contributed by atoms with Gasteiger partial charge in [-0.3, -0.25) is 0 Å². The smallest absolute Gasteiger partial charge is 0.0730 e. The average Bonchev–Trinajstić information content (AvgIpc) is 4.06. The molecule has 70 heavy (non-hydrogen) atoms. The highest BCUT2D eigenvalue weighted by Crippen LogP contribution is 2.44. The van der Waals surface area contributed by atoms with E-state index in [1.54, 1.807) is 0 Å². The van der Waals surface area contributed by atoms with Crippen LogP contribution in [0, 0.1) is 0 Å². The second kappa shape index (κ2) is 16.4. The number of thiophene rings is 1. The van der Waals surface area contributed by atoms with Gasteiger partial charge in [-0.05, 0) is 136 Å². The van der Waals surface area contributed by atoms with Crippen LogP contribution in [-0.2, 0) is 0 Å². The molecule has 11 aromatic carbocycles. The summed E-state index contributed by atoms with van der Waals surface area (Å²) >= 11 is 1.81. The van der Waals surface area contributed by atoms with Crippen LogP contribution in [-0.4, -0.2) is 9.55 Å². The van der Waals surface area contributed by atoms with Gasteiger partial charge < -0.3 is 4.57 Å². The molecule has 0 saturated heterocycles. The number of rotatable bonds is 7. The first-order valence-electron chi connectivity index (χ1n) is 23.9. The van der Waals surface area contributed by atoms with Crippen molar-refractivity contribution in [2.45, 2.75) is 0 Å². The van der Waals surface area contributed by atoms with Crippen LogP contribution < -0.4 is 0 Å². The third-order valence-electron chi connectivity index (χ3n) is 14.3. The quantitative estimate of drug-likeness (QED) is 0.146. The molecule has 0 aliphatic heterocycles. The van der Waals surface area contributed by atoms with Gasteiger partial charge in [0, 0.05) is 26.6 Å². The summed E-state index contributed by atoms with van der Waals surface area (Å²) in [5, 5.41) is 13.4. The molecular formula is C67H42N2S. The van der Waals surface area contributed by atoms with Crippen LogP contribution in [0.1, 0.15) is 0 Å². The third kappa shape index (κ3) is 6.74. The zero-order valence-electron chi connectivity index (χ0n) is 38.1. The Hall–Kier alpha value is -8.89. The highest BCUT2D eigenvalue weighted by Gasteiger charge is 2.20. The molecule has 0 spiro atoms. The van der Waals surface area contributed by atoms with Gasteiger partial charge in [0.2, 0.25) is 0 Å². The first-order chi connectivity index (χ1) is 34.7. The number of hydrogen-bond acceptors (Lipinski definition) is 2. The second-order valence-electron chi connectivity index (χ2n) is 18.3. The molecule has 0 atom stereocenters. The zero-order chi connectivity index (χ0) is 46.1. The number of pyridine rings is 1. The van der Waals surface area contributed by atoms with Crippen molar-refractivity contribution in [3.63, 3.8) is 0 Å². The molecule has 0 aliphatic carbocycles. The van der Waals surface area contributed by atoms with E-state index >= 15 is 0 Å². The summed E-state index contributed by atoms with van der Waals surface area (Å²) in [6, 6.07) is 91.1. The maximum Gasteiger partial charge on any atom is 0.0730 e. The van der Waals surface area contributed by atoms with Crippen LogP contribution in [0.25, 0.3) is 137 Å². The first-order valence-corrected chi connectivity index (χ1v) is 24.8. The molecule has 3 heteroatoms. The molecule has 0 amide bonds. The number of aromatic nitrogens is 2. The Morgan fingerprint density at radius 3 is 1.39 bits per heavy atom. The van der Waals surface area contributed by atoms with Crippen molar-refractivity contribution in [3.05, 3.63) is 254 Å². The fourth-order valence-corrected chi connectivity index (χ4v) is 11.7. The number of hydrogen-bond donors (Lipinski definition) is 0. The van der Waals surface area contributed by atoms with Crippen LogP contribution in [0.15, 0.2) is 254 Å². The highest BCUT2D eigenvalue weighted by molar-refractivity contribution is 7.17. The summed E-state index contributed by atoms with van der Waals surface area (Å²) in [7, 11) is 0. The fraction of sp³-hybridized carbons (Fsp3) is 0. The summed E-state index contributed by atoms with van der Waals surface area (Å²) in [4.78, 5) is 5.46. The largest absolute Gasteiger partial charge is 0.309 e. The van der Waals surface area contributed by atoms with E-state index in [1.165, 1.54) is 97.7 Å². The van der Waals surface area contributed by atoms with Gasteiger partial charge in [-0.15, -0.1) is 11.3 Å². The average molecular weight is 907 g/mol. The zero-order valence-corrected chi connectivity index (χ0v) is 38.9. The minimum Gasteiger partial charge on any atom is -0.309 e. The predicted molar refractivity (Wildman–Crippen MR) is 299 cm³/mol. The van der Waals surface area contributed by atoms with Gasteiger partial charge in [-0.25, -0.2) is 4.98 Å². The monoisotopic (exact) mass is 906 g/mol. The SMILES string of the molecule is c1ccc(-c2ccc(-c3cc(-n4c5ccc(-c6ccccc6)cc5c5cc6c7ccccc7c7cc(-c8cccc9ccsc89)ccc7c6cc54)cc(-c4ccc(-c5ccccc5)cc4)n3)cc2)cc1. The lowest BCUT2D eigenvalue weighted by Gasteiger charge is -2.15. The van der Waals surface area contributed by atoms with Gasteiger partial charge in [0.15, 0.2) is 0 Å². The van der Waals surface area contributed by atoms with Crippen molar-refractivity contribution in [2.75, 3.05) is 0 Å². The standard InChI is InChI=1S/C67H42N2S/c1-4-13-43(14-5-1)46-23-27-48(28-24-46)63-39-53(40-64(68-63)49-29-25-47(26-30-49)44-15-6-2-7-16-44)69-65-34-32-51(45-17-8-3-9-18-45)37-61(65)62-41-59-56-21-11-10-20-55(56)58-38-52(31-33-57(58)60(59)42-66(62)69)54-22-12-19-50-35-36-70-67(50)54/h1-42H. The van der Waals surface area contributed by atoms with E-state index in [4.69, 9.17) is 4.98 Å². The molecule has 3 aromatic heterocycles. The minimum atomic E-state index is 0.917. The first kappa shape index (κ1) is 40.2. The minimum absolute atomic E-state index is 0.917. The number of fused-ring (bicyclic) bond motifs is 10. The van der Waals surface area contributed by atoms with Gasteiger partial charge in [-0.2, -0.15) is 0 Å². The number of benzene rings is 11. The molecular weight excluding hydrogens is 865 g/mol. The van der Waals surface area contributed by atoms with E-state index in [-0.39, 0.29) is 0 Å². The van der Waals surface area contributed by atoms with E-state index < -0.39 is 0 Å². The number of nitrogens with zero attached hydrogens (tertiary/aromatic N) is 2. The van der Waals surface area contributed by atoms with Crippen LogP contribution in [0.3, 0.4) is 0 Å². The molecule has 326 valence electrons. The van der Waals surface area contributed by atoms with Crippen LogP contribution in [0.5, 0.6) is 0 Å². The molecule has 0 saturated carbocycles. The Morgan fingerprint density at radius 1 is 0.286 bits per heavy atom. The fourth-order valence-electron chi connectivity index (χ4n) is 10.8. The molecule has 2 nitrogen and oxygen atoms in total. The normalized spacial score (nSPS) is 11.7.